The molecule has 0 spiro atoms. The molecule has 0 atom stereocenters. The number of benzene rings is 2. The summed E-state index contributed by atoms with van der Waals surface area (Å²) in [4.78, 5) is 13.9. The number of halogens is 1. The van der Waals surface area contributed by atoms with Crippen molar-refractivity contribution in [2.75, 3.05) is 33.4 Å². The maximum atomic E-state index is 11.7. The molecule has 1 aliphatic heterocycles. The molecule has 2 aromatic rings. The number of hydrogen-bond donors (Lipinski definition) is 0. The molecule has 1 aliphatic rings. The van der Waals surface area contributed by atoms with Crippen LogP contribution in [0.3, 0.4) is 0 Å². The molecular formula is C24H26ClNO3. The lowest BCUT2D eigenvalue weighted by Gasteiger charge is -2.25. The molecule has 1 heterocycles. The molecule has 152 valence electrons. The first-order valence-electron chi connectivity index (χ1n) is 9.72. The Hall–Kier alpha value is -2.56. The van der Waals surface area contributed by atoms with E-state index in [1.165, 1.54) is 12.7 Å². The zero-order valence-electron chi connectivity index (χ0n) is 16.9. The third-order valence-corrected chi connectivity index (χ3v) is 5.21. The molecular weight excluding hydrogens is 386 g/mol. The lowest BCUT2D eigenvalue weighted by atomic mass is 9.95. The third-order valence-electron chi connectivity index (χ3n) is 4.98. The average Bonchev–Trinajstić information content (AvgIpc) is 2.74. The predicted octanol–water partition coefficient (Wildman–Crippen LogP) is 4.86. The number of carbonyl (C=O) groups is 1. The third kappa shape index (κ3) is 5.72. The highest BCUT2D eigenvalue weighted by Crippen LogP contribution is 2.28. The Morgan fingerprint density at radius 3 is 2.79 bits per heavy atom. The zero-order chi connectivity index (χ0) is 20.6. The Balaban J connectivity index is 1.69. The lowest BCUT2D eigenvalue weighted by Crippen LogP contribution is -2.34. The van der Waals surface area contributed by atoms with Crippen molar-refractivity contribution in [3.63, 3.8) is 0 Å². The molecule has 29 heavy (non-hydrogen) atoms. The number of aryl methyl sites for hydroxylation is 1. The van der Waals surface area contributed by atoms with Crippen LogP contribution in [-0.2, 0) is 14.3 Å². The van der Waals surface area contributed by atoms with Gasteiger partial charge in [-0.25, -0.2) is 4.79 Å². The van der Waals surface area contributed by atoms with Crippen LogP contribution in [0.2, 0.25) is 5.02 Å². The minimum atomic E-state index is -0.252. The van der Waals surface area contributed by atoms with Crippen molar-refractivity contribution in [2.45, 2.75) is 13.3 Å². The number of nitrogens with zero attached hydrogens (tertiary/aromatic N) is 1. The van der Waals surface area contributed by atoms with E-state index < -0.39 is 0 Å². The summed E-state index contributed by atoms with van der Waals surface area (Å²) in [5.41, 5.74) is 5.02. The molecule has 0 unspecified atom stereocenters. The Kier molecular flexibility index (Phi) is 7.50. The van der Waals surface area contributed by atoms with Crippen LogP contribution >= 0.6 is 11.6 Å². The fraction of sp³-hybridized carbons (Fsp3) is 0.292. The van der Waals surface area contributed by atoms with E-state index in [4.69, 9.17) is 21.1 Å². The first-order chi connectivity index (χ1) is 14.1. The Labute approximate surface area is 177 Å². The highest BCUT2D eigenvalue weighted by atomic mass is 35.5. The summed E-state index contributed by atoms with van der Waals surface area (Å²) in [6, 6.07) is 16.0. The van der Waals surface area contributed by atoms with Crippen molar-refractivity contribution in [1.82, 2.24) is 4.90 Å². The van der Waals surface area contributed by atoms with E-state index in [2.05, 4.69) is 24.0 Å². The van der Waals surface area contributed by atoms with E-state index in [0.29, 0.717) is 23.7 Å². The van der Waals surface area contributed by atoms with E-state index in [-0.39, 0.29) is 5.97 Å². The fourth-order valence-electron chi connectivity index (χ4n) is 3.42. The molecule has 2 aromatic carbocycles. The zero-order valence-corrected chi connectivity index (χ0v) is 17.6. The van der Waals surface area contributed by atoms with Gasteiger partial charge in [0.05, 0.1) is 13.4 Å². The summed E-state index contributed by atoms with van der Waals surface area (Å²) >= 11 is 6.21. The van der Waals surface area contributed by atoms with Crippen LogP contribution in [0, 0.1) is 6.92 Å². The van der Waals surface area contributed by atoms with E-state index in [1.807, 2.05) is 48.7 Å². The van der Waals surface area contributed by atoms with Gasteiger partial charge in [-0.2, -0.15) is 0 Å². The SMILES string of the molecule is COC(=O)C1=CCCN(CCOC=C(c2cccc(Cl)c2)c2ccccc2C)C1. The quantitative estimate of drug-likeness (QED) is 0.370. The topological polar surface area (TPSA) is 38.8 Å². The first-order valence-corrected chi connectivity index (χ1v) is 10.1. The number of esters is 1. The van der Waals surface area contributed by atoms with Gasteiger partial charge in [0.2, 0.25) is 0 Å². The van der Waals surface area contributed by atoms with Crippen LogP contribution < -0.4 is 0 Å². The summed E-state index contributed by atoms with van der Waals surface area (Å²) in [6.07, 6.45) is 4.62. The number of methoxy groups -OCH3 is 1. The van der Waals surface area contributed by atoms with Crippen molar-refractivity contribution in [3.8, 4) is 0 Å². The predicted molar refractivity (Wildman–Crippen MR) is 117 cm³/mol. The second-order valence-electron chi connectivity index (χ2n) is 7.01. The average molecular weight is 412 g/mol. The van der Waals surface area contributed by atoms with Crippen LogP contribution in [0.5, 0.6) is 0 Å². The van der Waals surface area contributed by atoms with Gasteiger partial charge in [-0.3, -0.25) is 4.90 Å². The largest absolute Gasteiger partial charge is 0.499 e. The summed E-state index contributed by atoms with van der Waals surface area (Å²) < 4.78 is 10.8. The standard InChI is InChI=1S/C24H26ClNO3/c1-18-7-3-4-11-22(18)23(19-8-5-10-21(25)15-19)17-29-14-13-26-12-6-9-20(16-26)24(27)28-2/h3-5,7-11,15,17H,6,12-14,16H2,1-2H3. The maximum Gasteiger partial charge on any atom is 0.334 e. The van der Waals surface area contributed by atoms with Crippen molar-refractivity contribution >= 4 is 23.1 Å². The van der Waals surface area contributed by atoms with Gasteiger partial charge in [-0.05, 0) is 42.2 Å². The number of carbonyl (C=O) groups excluding carboxylic acids is 1. The van der Waals surface area contributed by atoms with Gasteiger partial charge in [-0.1, -0.05) is 54.1 Å². The molecule has 0 amide bonds. The van der Waals surface area contributed by atoms with Gasteiger partial charge in [0.15, 0.2) is 0 Å². The molecule has 4 nitrogen and oxygen atoms in total. The highest BCUT2D eigenvalue weighted by molar-refractivity contribution is 6.30. The second kappa shape index (κ2) is 10.3. The minimum Gasteiger partial charge on any atom is -0.499 e. The molecule has 0 bridgehead atoms. The number of rotatable bonds is 7. The normalized spacial score (nSPS) is 15.0. The summed E-state index contributed by atoms with van der Waals surface area (Å²) in [7, 11) is 1.42. The van der Waals surface area contributed by atoms with Crippen LogP contribution in [0.4, 0.5) is 0 Å². The van der Waals surface area contributed by atoms with Gasteiger partial charge in [-0.15, -0.1) is 0 Å². The summed E-state index contributed by atoms with van der Waals surface area (Å²) in [6.45, 7) is 4.86. The first kappa shape index (κ1) is 21.2. The molecule has 0 aromatic heterocycles. The molecule has 0 radical (unpaired) electrons. The van der Waals surface area contributed by atoms with Gasteiger partial charge in [0.1, 0.15) is 6.61 Å². The van der Waals surface area contributed by atoms with Crippen LogP contribution in [-0.4, -0.2) is 44.2 Å². The lowest BCUT2D eigenvalue weighted by molar-refractivity contribution is -0.136. The number of hydrogen-bond acceptors (Lipinski definition) is 4. The van der Waals surface area contributed by atoms with Crippen molar-refractivity contribution in [3.05, 3.63) is 88.2 Å². The molecule has 0 N–H and O–H groups in total. The van der Waals surface area contributed by atoms with E-state index in [9.17, 15) is 4.79 Å². The number of ether oxygens (including phenoxy) is 2. The molecule has 0 saturated carbocycles. The van der Waals surface area contributed by atoms with Crippen molar-refractivity contribution in [2.24, 2.45) is 0 Å². The van der Waals surface area contributed by atoms with Crippen LogP contribution in [0.1, 0.15) is 23.1 Å². The van der Waals surface area contributed by atoms with E-state index in [1.54, 1.807) is 0 Å². The van der Waals surface area contributed by atoms with Gasteiger partial charge < -0.3 is 9.47 Å². The molecule has 3 rings (SSSR count). The Morgan fingerprint density at radius 1 is 1.21 bits per heavy atom. The molecule has 0 fully saturated rings. The maximum absolute atomic E-state index is 11.7. The fourth-order valence-corrected chi connectivity index (χ4v) is 3.61. The smallest absolute Gasteiger partial charge is 0.334 e. The van der Waals surface area contributed by atoms with Crippen LogP contribution in [0.15, 0.2) is 66.4 Å². The summed E-state index contributed by atoms with van der Waals surface area (Å²) in [5, 5.41) is 0.692. The van der Waals surface area contributed by atoms with Crippen molar-refractivity contribution in [1.29, 1.82) is 0 Å². The summed E-state index contributed by atoms with van der Waals surface area (Å²) in [5.74, 6) is -0.252. The Bertz CT molecular complexity index is 920. The van der Waals surface area contributed by atoms with Gasteiger partial charge >= 0.3 is 5.97 Å². The van der Waals surface area contributed by atoms with E-state index in [0.717, 1.165) is 36.2 Å². The minimum absolute atomic E-state index is 0.252. The molecule has 0 aliphatic carbocycles. The second-order valence-corrected chi connectivity index (χ2v) is 7.45. The van der Waals surface area contributed by atoms with Crippen LogP contribution in [0.25, 0.3) is 5.57 Å². The Morgan fingerprint density at radius 2 is 2.03 bits per heavy atom. The highest BCUT2D eigenvalue weighted by Gasteiger charge is 2.18. The molecule has 5 heteroatoms. The monoisotopic (exact) mass is 411 g/mol. The van der Waals surface area contributed by atoms with Gasteiger partial charge in [0.25, 0.3) is 0 Å². The molecule has 0 saturated heterocycles. The van der Waals surface area contributed by atoms with Crippen molar-refractivity contribution < 1.29 is 14.3 Å². The van der Waals surface area contributed by atoms with E-state index >= 15 is 0 Å². The van der Waals surface area contributed by atoms with Gasteiger partial charge in [0, 0.05) is 35.8 Å².